The maximum Gasteiger partial charge on any atom is 0.306 e. The van der Waals surface area contributed by atoms with Crippen LogP contribution in [0.4, 0.5) is 0 Å². The van der Waals surface area contributed by atoms with E-state index in [0.29, 0.717) is 0 Å². The summed E-state index contributed by atoms with van der Waals surface area (Å²) in [6.45, 7) is 0. The first kappa shape index (κ1) is 4.03. The predicted molar refractivity (Wildman–Crippen MR) is 31.3 cm³/mol. The molecule has 4 heteroatoms. The predicted octanol–water partition coefficient (Wildman–Crippen LogP) is -1.11. The van der Waals surface area contributed by atoms with Gasteiger partial charge in [0, 0.05) is 11.8 Å². The SMILES string of the molecule is B1NOc2cc[nH]c21. The van der Waals surface area contributed by atoms with E-state index in [0.717, 1.165) is 18.8 Å². The fraction of sp³-hybridized carbons (Fsp3) is 0. The Morgan fingerprint density at radius 1 is 1.62 bits per heavy atom. The molecule has 1 aromatic rings. The zero-order valence-corrected chi connectivity index (χ0v) is 4.27. The van der Waals surface area contributed by atoms with Gasteiger partial charge in [0.2, 0.25) is 0 Å². The Bertz CT molecular complexity index is 179. The molecule has 0 amide bonds. The Morgan fingerprint density at radius 2 is 2.62 bits per heavy atom. The molecule has 0 fully saturated rings. The van der Waals surface area contributed by atoms with Gasteiger partial charge in [0.05, 0.1) is 0 Å². The monoisotopic (exact) mass is 108 g/mol. The van der Waals surface area contributed by atoms with Crippen molar-refractivity contribution >= 4 is 13.0 Å². The molecule has 2 N–H and O–H groups in total. The van der Waals surface area contributed by atoms with E-state index >= 15 is 0 Å². The molecular formula is C4H5BN2O. The minimum atomic E-state index is 0.794. The van der Waals surface area contributed by atoms with Crippen molar-refractivity contribution in [1.29, 1.82) is 0 Å². The largest absolute Gasteiger partial charge is 0.419 e. The molecule has 0 radical (unpaired) electrons. The second-order valence-corrected chi connectivity index (χ2v) is 1.74. The average molecular weight is 108 g/mol. The second-order valence-electron chi connectivity index (χ2n) is 1.74. The topological polar surface area (TPSA) is 37.0 Å². The lowest BCUT2D eigenvalue weighted by Crippen LogP contribution is -2.22. The van der Waals surface area contributed by atoms with E-state index in [1.165, 1.54) is 0 Å². The van der Waals surface area contributed by atoms with Crippen LogP contribution < -0.4 is 15.8 Å². The minimum Gasteiger partial charge on any atom is -0.419 e. The standard InChI is InChI=1S/C4H5BN2O/c1-2-6-4-3(1)8-7-5-4/h1-2,5-7H. The summed E-state index contributed by atoms with van der Waals surface area (Å²) in [5.74, 6) is 0.921. The van der Waals surface area contributed by atoms with Crippen LogP contribution in [0.3, 0.4) is 0 Å². The lowest BCUT2D eigenvalue weighted by atomic mass is 9.92. The molecule has 0 aliphatic carbocycles. The molecule has 3 nitrogen and oxygen atoms in total. The lowest BCUT2D eigenvalue weighted by molar-refractivity contribution is 0.289. The molecule has 0 saturated carbocycles. The quantitative estimate of drug-likeness (QED) is 0.413. The van der Waals surface area contributed by atoms with Gasteiger partial charge >= 0.3 is 7.41 Å². The zero-order valence-electron chi connectivity index (χ0n) is 4.27. The van der Waals surface area contributed by atoms with Crippen LogP contribution in [0.5, 0.6) is 5.75 Å². The number of fused-ring (bicyclic) bond motifs is 1. The average Bonchev–Trinajstić information content (AvgIpc) is 2.15. The Kier molecular flexibility index (Phi) is 0.650. The summed E-state index contributed by atoms with van der Waals surface area (Å²) in [6.07, 6.45) is 1.87. The van der Waals surface area contributed by atoms with Crippen LogP contribution in [0.15, 0.2) is 12.3 Å². The van der Waals surface area contributed by atoms with Gasteiger partial charge < -0.3 is 9.82 Å². The van der Waals surface area contributed by atoms with Gasteiger partial charge in [-0.25, -0.2) is 0 Å². The maximum absolute atomic E-state index is 4.96. The molecule has 0 saturated heterocycles. The van der Waals surface area contributed by atoms with Crippen LogP contribution in [-0.2, 0) is 0 Å². The number of aromatic nitrogens is 1. The fourth-order valence-electron chi connectivity index (χ4n) is 0.809. The van der Waals surface area contributed by atoms with Crippen molar-refractivity contribution in [3.05, 3.63) is 12.3 Å². The third kappa shape index (κ3) is 0.377. The van der Waals surface area contributed by atoms with E-state index < -0.39 is 0 Å². The molecule has 0 bridgehead atoms. The summed E-state index contributed by atoms with van der Waals surface area (Å²) in [5.41, 5.74) is 1.13. The smallest absolute Gasteiger partial charge is 0.306 e. The summed E-state index contributed by atoms with van der Waals surface area (Å²) in [4.78, 5) is 7.99. The van der Waals surface area contributed by atoms with Crippen molar-refractivity contribution < 1.29 is 4.84 Å². The van der Waals surface area contributed by atoms with E-state index in [1.807, 2.05) is 12.3 Å². The highest BCUT2D eigenvalue weighted by Gasteiger charge is 2.12. The first-order valence-corrected chi connectivity index (χ1v) is 2.53. The molecule has 2 heterocycles. The molecule has 40 valence electrons. The normalized spacial score (nSPS) is 14.5. The number of rotatable bonds is 0. The molecule has 0 aromatic carbocycles. The fourth-order valence-corrected chi connectivity index (χ4v) is 0.809. The number of hydrogen-bond donors (Lipinski definition) is 2. The molecule has 0 unspecified atom stereocenters. The highest BCUT2D eigenvalue weighted by atomic mass is 16.6. The van der Waals surface area contributed by atoms with Crippen molar-refractivity contribution in [3.8, 4) is 5.75 Å². The van der Waals surface area contributed by atoms with Gasteiger partial charge in [-0.3, -0.25) is 0 Å². The minimum absolute atomic E-state index is 0.794. The van der Waals surface area contributed by atoms with Crippen LogP contribution in [0.1, 0.15) is 0 Å². The van der Waals surface area contributed by atoms with E-state index in [4.69, 9.17) is 4.84 Å². The Labute approximate surface area is 47.3 Å². The number of aromatic amines is 1. The van der Waals surface area contributed by atoms with Gasteiger partial charge in [-0.15, -0.1) is 0 Å². The van der Waals surface area contributed by atoms with Crippen molar-refractivity contribution in [2.24, 2.45) is 0 Å². The van der Waals surface area contributed by atoms with E-state index in [-0.39, 0.29) is 0 Å². The van der Waals surface area contributed by atoms with Gasteiger partial charge in [0.1, 0.15) is 0 Å². The first-order chi connectivity index (χ1) is 3.97. The summed E-state index contributed by atoms with van der Waals surface area (Å²) < 4.78 is 0. The van der Waals surface area contributed by atoms with Crippen molar-refractivity contribution in [2.75, 3.05) is 0 Å². The molecule has 1 aliphatic rings. The van der Waals surface area contributed by atoms with Gasteiger partial charge in [-0.1, -0.05) is 0 Å². The second kappa shape index (κ2) is 1.29. The van der Waals surface area contributed by atoms with Gasteiger partial charge in [0.15, 0.2) is 5.75 Å². The van der Waals surface area contributed by atoms with Crippen molar-refractivity contribution in [1.82, 2.24) is 10.4 Å². The third-order valence-electron chi connectivity index (χ3n) is 1.22. The van der Waals surface area contributed by atoms with E-state index in [9.17, 15) is 0 Å². The maximum atomic E-state index is 4.96. The van der Waals surface area contributed by atoms with Crippen LogP contribution >= 0.6 is 0 Å². The zero-order chi connectivity index (χ0) is 5.40. The van der Waals surface area contributed by atoms with E-state index in [1.54, 1.807) is 0 Å². The number of hydrogen-bond acceptors (Lipinski definition) is 2. The van der Waals surface area contributed by atoms with Gasteiger partial charge in [0.25, 0.3) is 0 Å². The van der Waals surface area contributed by atoms with E-state index in [2.05, 4.69) is 10.4 Å². The summed E-state index contributed by atoms with van der Waals surface area (Å²) in [6, 6.07) is 1.90. The molecule has 1 aromatic heterocycles. The van der Waals surface area contributed by atoms with Crippen molar-refractivity contribution in [3.63, 3.8) is 0 Å². The lowest BCUT2D eigenvalue weighted by Gasteiger charge is -1.88. The molecule has 0 spiro atoms. The highest BCUT2D eigenvalue weighted by molar-refractivity contribution is 6.51. The Balaban J connectivity index is 2.54. The number of H-pyrrole nitrogens is 1. The summed E-state index contributed by atoms with van der Waals surface area (Å²) in [5, 5.41) is 2.74. The van der Waals surface area contributed by atoms with Crippen molar-refractivity contribution in [2.45, 2.75) is 0 Å². The van der Waals surface area contributed by atoms with Crippen LogP contribution in [0.2, 0.25) is 0 Å². The molecule has 8 heavy (non-hydrogen) atoms. The number of nitrogens with one attached hydrogen (secondary N) is 2. The summed E-state index contributed by atoms with van der Waals surface area (Å²) in [7, 11) is 0.794. The van der Waals surface area contributed by atoms with Crippen LogP contribution in [-0.4, -0.2) is 12.4 Å². The molecule has 0 atom stereocenters. The Morgan fingerprint density at radius 3 is 3.50 bits per heavy atom. The molecule has 1 aliphatic heterocycles. The molecular weight excluding hydrogens is 103 g/mol. The van der Waals surface area contributed by atoms with Crippen LogP contribution in [0, 0.1) is 0 Å². The highest BCUT2D eigenvalue weighted by Crippen LogP contribution is 2.05. The first-order valence-electron chi connectivity index (χ1n) is 2.53. The van der Waals surface area contributed by atoms with Gasteiger partial charge in [-0.2, -0.15) is 5.39 Å². The van der Waals surface area contributed by atoms with Crippen LogP contribution in [0.25, 0.3) is 0 Å². The summed E-state index contributed by atoms with van der Waals surface area (Å²) >= 11 is 0. The third-order valence-corrected chi connectivity index (χ3v) is 1.22. The van der Waals surface area contributed by atoms with Gasteiger partial charge in [-0.05, 0) is 6.07 Å². The Hall–Kier alpha value is -0.895. The molecule has 2 rings (SSSR count).